The second-order valence-corrected chi connectivity index (χ2v) is 7.41. The molecular weight excluding hydrogens is 310 g/mol. The van der Waals surface area contributed by atoms with Gasteiger partial charge in [-0.15, -0.1) is 0 Å². The van der Waals surface area contributed by atoms with Crippen molar-refractivity contribution < 1.29 is 0 Å². The predicted octanol–water partition coefficient (Wildman–Crippen LogP) is 3.19. The summed E-state index contributed by atoms with van der Waals surface area (Å²) in [7, 11) is 0. The Morgan fingerprint density at radius 2 is 2.12 bits per heavy atom. The molecule has 5 heteroatoms. The van der Waals surface area contributed by atoms with Gasteiger partial charge < -0.3 is 15.2 Å². The van der Waals surface area contributed by atoms with Crippen LogP contribution >= 0.6 is 0 Å². The van der Waals surface area contributed by atoms with Gasteiger partial charge in [0.25, 0.3) is 0 Å². The number of rotatable bonds is 4. The van der Waals surface area contributed by atoms with Crippen molar-refractivity contribution in [3.8, 4) is 0 Å². The Hall–Kier alpha value is -2.04. The van der Waals surface area contributed by atoms with Gasteiger partial charge >= 0.3 is 0 Å². The summed E-state index contributed by atoms with van der Waals surface area (Å²) in [5, 5.41) is 4.72. The molecular formula is C20H29N5. The summed E-state index contributed by atoms with van der Waals surface area (Å²) in [6, 6.07) is 4.13. The summed E-state index contributed by atoms with van der Waals surface area (Å²) < 4.78 is 0. The SMILES string of the molecule is CCNC(=NCCc1c[nH]c2ncccc12)N1CC2CCCCC2C1. The highest BCUT2D eigenvalue weighted by atomic mass is 15.3. The minimum atomic E-state index is 0.815. The number of nitrogens with one attached hydrogen (secondary N) is 2. The van der Waals surface area contributed by atoms with E-state index < -0.39 is 0 Å². The van der Waals surface area contributed by atoms with E-state index in [9.17, 15) is 0 Å². The van der Waals surface area contributed by atoms with E-state index in [1.807, 2.05) is 12.3 Å². The fraction of sp³-hybridized carbons (Fsp3) is 0.600. The van der Waals surface area contributed by atoms with E-state index in [0.717, 1.165) is 43.0 Å². The molecule has 4 rings (SSSR count). The number of likely N-dealkylation sites (tertiary alicyclic amines) is 1. The van der Waals surface area contributed by atoms with Gasteiger partial charge in [-0.3, -0.25) is 4.99 Å². The third-order valence-corrected chi connectivity index (χ3v) is 5.79. The molecule has 1 saturated heterocycles. The number of hydrogen-bond donors (Lipinski definition) is 2. The van der Waals surface area contributed by atoms with Crippen LogP contribution < -0.4 is 5.32 Å². The van der Waals surface area contributed by atoms with E-state index in [0.29, 0.717) is 0 Å². The molecule has 0 amide bonds. The minimum Gasteiger partial charge on any atom is -0.357 e. The van der Waals surface area contributed by atoms with E-state index in [2.05, 4.69) is 39.4 Å². The standard InChI is InChI=1S/C20H29N5/c1-2-21-20(25-13-16-6-3-4-7-17(16)14-25)23-11-9-15-12-24-19-18(15)8-5-10-22-19/h5,8,10,12,16-17H,2-4,6-7,9,11,13-14H2,1H3,(H,21,23)(H,22,24). The van der Waals surface area contributed by atoms with Crippen LogP contribution in [0.25, 0.3) is 11.0 Å². The molecule has 0 bridgehead atoms. The quantitative estimate of drug-likeness (QED) is 0.664. The highest BCUT2D eigenvalue weighted by molar-refractivity contribution is 5.81. The van der Waals surface area contributed by atoms with Crippen LogP contribution in [0.15, 0.2) is 29.5 Å². The maximum absolute atomic E-state index is 4.93. The van der Waals surface area contributed by atoms with E-state index in [-0.39, 0.29) is 0 Å². The molecule has 25 heavy (non-hydrogen) atoms. The lowest BCUT2D eigenvalue weighted by Gasteiger charge is -2.22. The van der Waals surface area contributed by atoms with Crippen molar-refractivity contribution in [1.82, 2.24) is 20.2 Å². The average molecular weight is 339 g/mol. The zero-order chi connectivity index (χ0) is 17.1. The highest BCUT2D eigenvalue weighted by Gasteiger charge is 2.35. The zero-order valence-corrected chi connectivity index (χ0v) is 15.2. The summed E-state index contributed by atoms with van der Waals surface area (Å²) in [5.41, 5.74) is 2.27. The number of pyridine rings is 1. The van der Waals surface area contributed by atoms with Gasteiger partial charge in [-0.1, -0.05) is 12.8 Å². The normalized spacial score (nSPS) is 23.9. The number of aliphatic imine (C=N–C) groups is 1. The second-order valence-electron chi connectivity index (χ2n) is 7.41. The molecule has 2 aromatic heterocycles. The molecule has 1 aliphatic heterocycles. The Bertz CT molecular complexity index is 721. The van der Waals surface area contributed by atoms with Gasteiger partial charge in [0, 0.05) is 44.0 Å². The monoisotopic (exact) mass is 339 g/mol. The fourth-order valence-electron chi connectivity index (χ4n) is 4.51. The molecule has 0 radical (unpaired) electrons. The smallest absolute Gasteiger partial charge is 0.193 e. The molecule has 1 aliphatic carbocycles. The van der Waals surface area contributed by atoms with Gasteiger partial charge in [-0.05, 0) is 55.7 Å². The van der Waals surface area contributed by atoms with Crippen molar-refractivity contribution in [3.05, 3.63) is 30.1 Å². The number of hydrogen-bond acceptors (Lipinski definition) is 2. The Morgan fingerprint density at radius 3 is 2.88 bits per heavy atom. The highest BCUT2D eigenvalue weighted by Crippen LogP contribution is 2.35. The first-order valence-corrected chi connectivity index (χ1v) is 9.79. The number of aromatic amines is 1. The number of aromatic nitrogens is 2. The first-order valence-electron chi connectivity index (χ1n) is 9.79. The number of H-pyrrole nitrogens is 1. The van der Waals surface area contributed by atoms with Crippen LogP contribution in [0.1, 0.15) is 38.2 Å². The molecule has 2 atom stereocenters. The van der Waals surface area contributed by atoms with Crippen molar-refractivity contribution in [2.24, 2.45) is 16.8 Å². The van der Waals surface area contributed by atoms with Crippen LogP contribution in [-0.4, -0.2) is 47.0 Å². The topological polar surface area (TPSA) is 56.3 Å². The number of nitrogens with zero attached hydrogens (tertiary/aromatic N) is 3. The van der Waals surface area contributed by atoms with Crippen LogP contribution in [0.4, 0.5) is 0 Å². The summed E-state index contributed by atoms with van der Waals surface area (Å²) >= 11 is 0. The van der Waals surface area contributed by atoms with Gasteiger partial charge in [0.1, 0.15) is 5.65 Å². The predicted molar refractivity (Wildman–Crippen MR) is 103 cm³/mol. The molecule has 2 unspecified atom stereocenters. The molecule has 5 nitrogen and oxygen atoms in total. The van der Waals surface area contributed by atoms with Crippen molar-refractivity contribution in [3.63, 3.8) is 0 Å². The Kier molecular flexibility index (Phi) is 4.90. The van der Waals surface area contributed by atoms with Crippen molar-refractivity contribution in [2.45, 2.75) is 39.0 Å². The largest absolute Gasteiger partial charge is 0.357 e. The lowest BCUT2D eigenvalue weighted by atomic mass is 9.82. The molecule has 0 aromatic carbocycles. The number of guanidine groups is 1. The van der Waals surface area contributed by atoms with Crippen LogP contribution in [0.5, 0.6) is 0 Å². The zero-order valence-electron chi connectivity index (χ0n) is 15.2. The molecule has 1 saturated carbocycles. The Balaban J connectivity index is 1.42. The van der Waals surface area contributed by atoms with E-state index >= 15 is 0 Å². The van der Waals surface area contributed by atoms with Gasteiger partial charge in [-0.25, -0.2) is 4.98 Å². The van der Waals surface area contributed by atoms with Crippen molar-refractivity contribution in [2.75, 3.05) is 26.2 Å². The Labute approximate surface area is 149 Å². The lowest BCUT2D eigenvalue weighted by molar-refractivity contribution is 0.299. The van der Waals surface area contributed by atoms with Gasteiger partial charge in [0.2, 0.25) is 0 Å². The first-order chi connectivity index (χ1) is 12.3. The van der Waals surface area contributed by atoms with Gasteiger partial charge in [0.05, 0.1) is 0 Å². The average Bonchev–Trinajstić information content (AvgIpc) is 3.25. The molecule has 2 aromatic rings. The summed E-state index contributed by atoms with van der Waals surface area (Å²) in [6.45, 7) is 6.28. The van der Waals surface area contributed by atoms with E-state index in [1.165, 1.54) is 49.7 Å². The fourth-order valence-corrected chi connectivity index (χ4v) is 4.51. The maximum atomic E-state index is 4.93. The molecule has 134 valence electrons. The third-order valence-electron chi connectivity index (χ3n) is 5.79. The van der Waals surface area contributed by atoms with Gasteiger partial charge in [-0.2, -0.15) is 0 Å². The van der Waals surface area contributed by atoms with E-state index in [1.54, 1.807) is 0 Å². The summed E-state index contributed by atoms with van der Waals surface area (Å²) in [6.07, 6.45) is 10.5. The lowest BCUT2D eigenvalue weighted by Crippen LogP contribution is -2.40. The van der Waals surface area contributed by atoms with Crippen LogP contribution in [0.2, 0.25) is 0 Å². The molecule has 0 spiro atoms. The Morgan fingerprint density at radius 1 is 1.32 bits per heavy atom. The molecule has 2 fully saturated rings. The maximum Gasteiger partial charge on any atom is 0.193 e. The second kappa shape index (κ2) is 7.46. The van der Waals surface area contributed by atoms with Crippen molar-refractivity contribution in [1.29, 1.82) is 0 Å². The van der Waals surface area contributed by atoms with Crippen molar-refractivity contribution >= 4 is 17.0 Å². The molecule has 2 N–H and O–H groups in total. The minimum absolute atomic E-state index is 0.815. The molecule has 2 aliphatic rings. The summed E-state index contributed by atoms with van der Waals surface area (Å²) in [4.78, 5) is 15.1. The van der Waals surface area contributed by atoms with Gasteiger partial charge in [0.15, 0.2) is 5.96 Å². The third kappa shape index (κ3) is 3.51. The van der Waals surface area contributed by atoms with Crippen LogP contribution in [0.3, 0.4) is 0 Å². The summed E-state index contributed by atoms with van der Waals surface area (Å²) in [5.74, 6) is 2.88. The van der Waals surface area contributed by atoms with Crippen LogP contribution in [0, 0.1) is 11.8 Å². The first kappa shape index (κ1) is 16.4. The van der Waals surface area contributed by atoms with Crippen LogP contribution in [-0.2, 0) is 6.42 Å². The van der Waals surface area contributed by atoms with E-state index in [4.69, 9.17) is 4.99 Å². The molecule has 3 heterocycles. The number of fused-ring (bicyclic) bond motifs is 2.